The minimum Gasteiger partial charge on any atom is -0.453 e. The summed E-state index contributed by atoms with van der Waals surface area (Å²) in [5.74, 6) is -1.76. The molecule has 6 rings (SSSR count). The molecule has 3 aromatic rings. The maximum absolute atomic E-state index is 15.9. The zero-order valence-corrected chi connectivity index (χ0v) is 33.7. The number of amides is 3. The molecule has 3 aromatic carbocycles. The smallest absolute Gasteiger partial charge is 0.410 e. The van der Waals surface area contributed by atoms with Gasteiger partial charge in [-0.15, -0.1) is 0 Å². The lowest BCUT2D eigenvalue weighted by molar-refractivity contribution is -0.119. The van der Waals surface area contributed by atoms with Crippen LogP contribution in [0.3, 0.4) is 0 Å². The van der Waals surface area contributed by atoms with Crippen LogP contribution in [0.2, 0.25) is 5.02 Å². The summed E-state index contributed by atoms with van der Waals surface area (Å²) in [6, 6.07) is 17.7. The lowest BCUT2D eigenvalue weighted by atomic mass is 9.76. The van der Waals surface area contributed by atoms with Crippen molar-refractivity contribution in [2.75, 3.05) is 38.7 Å². The normalized spacial score (nSPS) is 19.8. The third-order valence-corrected chi connectivity index (χ3v) is 13.1. The first-order valence-corrected chi connectivity index (χ1v) is 20.8. The van der Waals surface area contributed by atoms with Gasteiger partial charge in [0.05, 0.1) is 17.5 Å². The van der Waals surface area contributed by atoms with Gasteiger partial charge in [-0.1, -0.05) is 48.0 Å². The molecule has 0 aromatic heterocycles. The molecule has 1 unspecified atom stereocenters. The van der Waals surface area contributed by atoms with Crippen LogP contribution in [0.1, 0.15) is 69.9 Å². The molecule has 2 N–H and O–H groups in total. The third kappa shape index (κ3) is 9.47. The van der Waals surface area contributed by atoms with E-state index >= 15 is 4.39 Å². The molecule has 2 saturated heterocycles. The summed E-state index contributed by atoms with van der Waals surface area (Å²) in [7, 11) is -2.83. The first-order valence-electron chi connectivity index (χ1n) is 19.0. The zero-order valence-electron chi connectivity index (χ0n) is 32.1. The van der Waals surface area contributed by atoms with Crippen molar-refractivity contribution >= 4 is 45.4 Å². The van der Waals surface area contributed by atoms with Crippen LogP contribution in [-0.4, -0.2) is 92.4 Å². The number of rotatable bonds is 11. The maximum Gasteiger partial charge on any atom is 0.410 e. The predicted molar refractivity (Wildman–Crippen MR) is 209 cm³/mol. The van der Waals surface area contributed by atoms with E-state index < -0.39 is 63.1 Å². The highest BCUT2D eigenvalue weighted by molar-refractivity contribution is 7.89. The summed E-state index contributed by atoms with van der Waals surface area (Å²) < 4.78 is 62.5. The van der Waals surface area contributed by atoms with Gasteiger partial charge in [-0.2, -0.15) is 4.31 Å². The lowest BCUT2D eigenvalue weighted by Gasteiger charge is -2.46. The molecular weight excluding hydrogens is 763 g/mol. The van der Waals surface area contributed by atoms with E-state index in [0.29, 0.717) is 43.9 Å². The first-order chi connectivity index (χ1) is 26.6. The number of benzene rings is 3. The summed E-state index contributed by atoms with van der Waals surface area (Å²) in [6.45, 7) is 6.48. The van der Waals surface area contributed by atoms with Crippen molar-refractivity contribution in [3.05, 3.63) is 94.8 Å². The molecule has 3 atom stereocenters. The Morgan fingerprint density at radius 1 is 1.00 bits per heavy atom. The number of sulfonamides is 1. The number of alkyl carbamates (subject to hydrolysis) is 1. The summed E-state index contributed by atoms with van der Waals surface area (Å²) in [5.41, 5.74) is -0.504. The zero-order chi connectivity index (χ0) is 40.3. The molecule has 3 aliphatic rings. The Balaban J connectivity index is 1.31. The molecule has 0 radical (unpaired) electrons. The van der Waals surface area contributed by atoms with Gasteiger partial charge in [-0.3, -0.25) is 4.79 Å². The van der Waals surface area contributed by atoms with Crippen LogP contribution in [0.4, 0.5) is 19.7 Å². The molecule has 56 heavy (non-hydrogen) atoms. The Bertz CT molecular complexity index is 1990. The standard InChI is InChI=1S/C41H50ClFN4O8S/c1-40(2,3)55-39(50)46-25-30(47(41(26-46)21-22-41)56(51,52)31-9-6-5-7-10-31)17-18-32-33(43)11-8-12-34(32)44-37(48)36(45-38(49)53-4)35(28-19-23-54-24-20-28)27-13-15-29(42)16-14-27/h5-16,28,30,35-36H,17-26H2,1-4H3,(H,44,48)(H,45,49)/t30-,35?,36-/m0/s1. The Morgan fingerprint density at radius 2 is 1.68 bits per heavy atom. The Morgan fingerprint density at radius 3 is 2.30 bits per heavy atom. The summed E-state index contributed by atoms with van der Waals surface area (Å²) in [6.07, 6.45) is 1.15. The molecule has 3 amide bonds. The van der Waals surface area contributed by atoms with Gasteiger partial charge < -0.3 is 29.7 Å². The maximum atomic E-state index is 15.9. The van der Waals surface area contributed by atoms with Gasteiger partial charge in [-0.05, 0) is 107 Å². The van der Waals surface area contributed by atoms with Gasteiger partial charge in [-0.25, -0.2) is 22.4 Å². The summed E-state index contributed by atoms with van der Waals surface area (Å²) >= 11 is 6.22. The molecule has 15 heteroatoms. The van der Waals surface area contributed by atoms with Crippen molar-refractivity contribution in [2.24, 2.45) is 5.92 Å². The molecule has 1 spiro atoms. The number of ether oxygens (including phenoxy) is 3. The van der Waals surface area contributed by atoms with Crippen LogP contribution in [0, 0.1) is 11.7 Å². The fourth-order valence-corrected chi connectivity index (χ4v) is 10.2. The molecule has 2 heterocycles. The van der Waals surface area contributed by atoms with Crippen LogP contribution in [0.25, 0.3) is 0 Å². The number of hydrogen-bond donors (Lipinski definition) is 2. The van der Waals surface area contributed by atoms with Gasteiger partial charge in [0.15, 0.2) is 0 Å². The highest BCUT2D eigenvalue weighted by atomic mass is 35.5. The van der Waals surface area contributed by atoms with E-state index in [9.17, 15) is 22.8 Å². The van der Waals surface area contributed by atoms with Crippen LogP contribution >= 0.6 is 11.6 Å². The van der Waals surface area contributed by atoms with E-state index in [1.54, 1.807) is 74.2 Å². The second-order valence-corrected chi connectivity index (χ2v) is 18.0. The largest absolute Gasteiger partial charge is 0.453 e. The molecule has 1 aliphatic carbocycles. The fraction of sp³-hybridized carbons (Fsp3) is 0.488. The van der Waals surface area contributed by atoms with Gasteiger partial charge in [0.25, 0.3) is 0 Å². The Hall–Kier alpha value is -4.24. The minimum atomic E-state index is -4.04. The molecule has 302 valence electrons. The van der Waals surface area contributed by atoms with E-state index in [2.05, 4.69) is 10.6 Å². The van der Waals surface area contributed by atoms with E-state index in [4.69, 9.17) is 25.8 Å². The molecule has 12 nitrogen and oxygen atoms in total. The number of piperazine rings is 1. The average Bonchev–Trinajstić information content (AvgIpc) is 3.92. The second kappa shape index (κ2) is 17.1. The lowest BCUT2D eigenvalue weighted by Crippen LogP contribution is -2.63. The molecule has 0 bridgehead atoms. The van der Waals surface area contributed by atoms with E-state index in [-0.39, 0.29) is 48.0 Å². The highest BCUT2D eigenvalue weighted by Crippen LogP contribution is 2.50. The van der Waals surface area contributed by atoms with Crippen molar-refractivity contribution in [3.8, 4) is 0 Å². The summed E-state index contributed by atoms with van der Waals surface area (Å²) in [5, 5.41) is 6.15. The fourth-order valence-electron chi connectivity index (χ4n) is 8.01. The first kappa shape index (κ1) is 41.4. The Labute approximate surface area is 333 Å². The number of halogens is 2. The quantitative estimate of drug-likeness (QED) is 0.208. The molecule has 2 aliphatic heterocycles. The molecule has 3 fully saturated rings. The van der Waals surface area contributed by atoms with Crippen molar-refractivity contribution in [1.29, 1.82) is 0 Å². The molecular formula is C41H50ClFN4O8S. The van der Waals surface area contributed by atoms with E-state index in [0.717, 1.165) is 5.56 Å². The van der Waals surface area contributed by atoms with Crippen LogP contribution < -0.4 is 10.6 Å². The van der Waals surface area contributed by atoms with Crippen molar-refractivity contribution < 1.29 is 41.4 Å². The predicted octanol–water partition coefficient (Wildman–Crippen LogP) is 7.13. The van der Waals surface area contributed by atoms with Gasteiger partial charge in [0.1, 0.15) is 17.5 Å². The van der Waals surface area contributed by atoms with Gasteiger partial charge >= 0.3 is 12.2 Å². The number of carbonyl (C=O) groups excluding carboxylic acids is 3. The SMILES string of the molecule is COC(=O)N[C@H](C(=O)Nc1cccc(F)c1CC[C@H]1CN(C(=O)OC(C)(C)C)CC2(CC2)N1S(=O)(=O)c1ccccc1)C(c1ccc(Cl)cc1)C1CCOCC1. The third-order valence-electron chi connectivity index (χ3n) is 10.7. The van der Waals surface area contributed by atoms with Crippen LogP contribution in [0.5, 0.6) is 0 Å². The van der Waals surface area contributed by atoms with Crippen LogP contribution in [-0.2, 0) is 35.4 Å². The summed E-state index contributed by atoms with van der Waals surface area (Å²) in [4.78, 5) is 42.3. The number of hydrogen-bond acceptors (Lipinski definition) is 8. The van der Waals surface area contributed by atoms with E-state index in [1.807, 2.05) is 12.1 Å². The highest BCUT2D eigenvalue weighted by Gasteiger charge is 2.60. The topological polar surface area (TPSA) is 144 Å². The van der Waals surface area contributed by atoms with Crippen molar-refractivity contribution in [1.82, 2.24) is 14.5 Å². The van der Waals surface area contributed by atoms with Crippen molar-refractivity contribution in [3.63, 3.8) is 0 Å². The number of methoxy groups -OCH3 is 1. The second-order valence-electron chi connectivity index (χ2n) is 15.8. The van der Waals surface area contributed by atoms with Gasteiger partial charge in [0, 0.05) is 54.5 Å². The number of nitrogens with zero attached hydrogens (tertiary/aromatic N) is 2. The van der Waals surface area contributed by atoms with Gasteiger partial charge in [0.2, 0.25) is 15.9 Å². The Kier molecular flexibility index (Phi) is 12.6. The monoisotopic (exact) mass is 812 g/mol. The molecule has 1 saturated carbocycles. The number of nitrogens with one attached hydrogen (secondary N) is 2. The van der Waals surface area contributed by atoms with Crippen molar-refractivity contribution in [2.45, 2.75) is 93.3 Å². The average molecular weight is 813 g/mol. The number of carbonyl (C=O) groups is 3. The minimum absolute atomic E-state index is 0.0156. The van der Waals surface area contributed by atoms with Crippen LogP contribution in [0.15, 0.2) is 77.7 Å². The van der Waals surface area contributed by atoms with E-state index in [1.165, 1.54) is 23.5 Å². The number of anilines is 1.